The second-order valence-corrected chi connectivity index (χ2v) is 3.71. The summed E-state index contributed by atoms with van der Waals surface area (Å²) in [5.74, 6) is 0. The third-order valence-corrected chi connectivity index (χ3v) is 2.14. The van der Waals surface area contributed by atoms with E-state index in [9.17, 15) is 0 Å². The van der Waals surface area contributed by atoms with Gasteiger partial charge in [-0.05, 0) is 0 Å². The van der Waals surface area contributed by atoms with Crippen LogP contribution in [0.1, 0.15) is 0 Å². The van der Waals surface area contributed by atoms with Crippen LogP contribution in [0.2, 0.25) is 0 Å². The summed E-state index contributed by atoms with van der Waals surface area (Å²) in [5, 5.41) is 0. The molecular weight excluding hydrogens is 243 g/mol. The first-order valence-electron chi connectivity index (χ1n) is 3.30. The molecule has 11 heavy (non-hydrogen) atoms. The molecule has 0 saturated carbocycles. The minimum absolute atomic E-state index is 0.971. The SMILES string of the molecule is [Sn][c]1cnc2ccccc2n1. The molecule has 1 heterocycles. The molecule has 1 aromatic heterocycles. The van der Waals surface area contributed by atoms with Crippen LogP contribution in [0, 0.1) is 0 Å². The Balaban J connectivity index is 2.83. The molecule has 0 aliphatic rings. The van der Waals surface area contributed by atoms with Crippen molar-refractivity contribution in [3.63, 3.8) is 0 Å². The number of hydrogen-bond acceptors (Lipinski definition) is 2. The van der Waals surface area contributed by atoms with Gasteiger partial charge in [-0.15, -0.1) is 0 Å². The van der Waals surface area contributed by atoms with Gasteiger partial charge in [0.25, 0.3) is 0 Å². The normalized spacial score (nSPS) is 10.3. The van der Waals surface area contributed by atoms with Gasteiger partial charge in [0.15, 0.2) is 0 Å². The van der Waals surface area contributed by atoms with Crippen LogP contribution in [-0.4, -0.2) is 32.5 Å². The van der Waals surface area contributed by atoms with Gasteiger partial charge in [-0.3, -0.25) is 0 Å². The molecule has 0 atom stereocenters. The Morgan fingerprint density at radius 1 is 1.09 bits per heavy atom. The summed E-state index contributed by atoms with van der Waals surface area (Å²) in [5.41, 5.74) is 1.96. The molecular formula is C8H5N2Sn. The zero-order valence-corrected chi connectivity index (χ0v) is 8.64. The molecule has 2 nitrogen and oxygen atoms in total. The maximum atomic E-state index is 4.35. The Morgan fingerprint density at radius 3 is 2.64 bits per heavy atom. The number of fused-ring (bicyclic) bond motifs is 1. The average molecular weight is 248 g/mol. The van der Waals surface area contributed by atoms with Gasteiger partial charge in [0, 0.05) is 0 Å². The molecule has 2 rings (SSSR count). The van der Waals surface area contributed by atoms with E-state index in [1.807, 2.05) is 30.5 Å². The van der Waals surface area contributed by atoms with E-state index in [1.165, 1.54) is 22.5 Å². The van der Waals surface area contributed by atoms with Gasteiger partial charge in [-0.25, -0.2) is 0 Å². The van der Waals surface area contributed by atoms with Crippen LogP contribution < -0.4 is 3.71 Å². The summed E-state index contributed by atoms with van der Waals surface area (Å²) in [6.07, 6.45) is 1.82. The Labute approximate surface area is 77.8 Å². The van der Waals surface area contributed by atoms with Crippen LogP contribution in [0.4, 0.5) is 0 Å². The number of aromatic nitrogens is 2. The first-order chi connectivity index (χ1) is 5.36. The zero-order valence-electron chi connectivity index (χ0n) is 5.78. The van der Waals surface area contributed by atoms with Gasteiger partial charge in [0.2, 0.25) is 0 Å². The fraction of sp³-hybridized carbons (Fsp3) is 0. The summed E-state index contributed by atoms with van der Waals surface area (Å²) >= 11 is 1.31. The van der Waals surface area contributed by atoms with Gasteiger partial charge in [0.1, 0.15) is 0 Å². The Hall–Kier alpha value is -0.641. The summed E-state index contributed by atoms with van der Waals surface area (Å²) in [6, 6.07) is 7.90. The topological polar surface area (TPSA) is 25.8 Å². The summed E-state index contributed by atoms with van der Waals surface area (Å²) in [7, 11) is 0. The quantitative estimate of drug-likeness (QED) is 0.631. The van der Waals surface area contributed by atoms with Crippen molar-refractivity contribution >= 4 is 37.3 Å². The average Bonchev–Trinajstić information content (AvgIpc) is 2.04. The molecule has 1 aromatic carbocycles. The van der Waals surface area contributed by atoms with E-state index in [0.717, 1.165) is 14.7 Å². The van der Waals surface area contributed by atoms with Crippen molar-refractivity contribution in [2.45, 2.75) is 0 Å². The second-order valence-electron chi connectivity index (χ2n) is 2.24. The van der Waals surface area contributed by atoms with Gasteiger partial charge in [-0.1, -0.05) is 0 Å². The van der Waals surface area contributed by atoms with Crippen LogP contribution in [0.3, 0.4) is 0 Å². The molecule has 0 bridgehead atoms. The molecule has 3 radical (unpaired) electrons. The van der Waals surface area contributed by atoms with Crippen LogP contribution in [0.25, 0.3) is 11.0 Å². The Morgan fingerprint density at radius 2 is 1.82 bits per heavy atom. The van der Waals surface area contributed by atoms with Gasteiger partial charge >= 0.3 is 77.7 Å². The molecule has 0 aliphatic carbocycles. The van der Waals surface area contributed by atoms with Gasteiger partial charge < -0.3 is 0 Å². The van der Waals surface area contributed by atoms with Crippen LogP contribution in [0.15, 0.2) is 30.5 Å². The molecule has 0 aliphatic heterocycles. The van der Waals surface area contributed by atoms with Crippen LogP contribution in [0.5, 0.6) is 0 Å². The van der Waals surface area contributed by atoms with Crippen molar-refractivity contribution in [3.05, 3.63) is 30.5 Å². The second kappa shape index (κ2) is 2.77. The maximum absolute atomic E-state index is 4.35. The summed E-state index contributed by atoms with van der Waals surface area (Å²) in [6.45, 7) is 0. The number of benzene rings is 1. The monoisotopic (exact) mass is 249 g/mol. The van der Waals surface area contributed by atoms with Crippen molar-refractivity contribution in [2.75, 3.05) is 0 Å². The zero-order chi connectivity index (χ0) is 7.68. The molecule has 2 aromatic rings. The minimum atomic E-state index is 0.971. The van der Waals surface area contributed by atoms with Crippen LogP contribution >= 0.6 is 0 Å². The van der Waals surface area contributed by atoms with E-state index in [0.29, 0.717) is 0 Å². The van der Waals surface area contributed by atoms with E-state index >= 15 is 0 Å². The van der Waals surface area contributed by atoms with Crippen molar-refractivity contribution in [1.82, 2.24) is 9.97 Å². The number of para-hydroxylation sites is 2. The first-order valence-corrected chi connectivity index (χ1v) is 4.72. The van der Waals surface area contributed by atoms with Gasteiger partial charge in [0.05, 0.1) is 0 Å². The molecule has 3 heteroatoms. The third-order valence-electron chi connectivity index (χ3n) is 1.45. The van der Waals surface area contributed by atoms with Crippen LogP contribution in [-0.2, 0) is 0 Å². The number of rotatable bonds is 0. The number of nitrogens with zero attached hydrogens (tertiary/aromatic N) is 2. The standard InChI is InChI=1S/C8H5N2.Sn/c1-2-4-8-7(3-1)9-5-6-10-8;/h1-5H;. The summed E-state index contributed by atoms with van der Waals surface area (Å²) < 4.78 is 1.05. The van der Waals surface area contributed by atoms with Crippen molar-refractivity contribution in [1.29, 1.82) is 0 Å². The van der Waals surface area contributed by atoms with E-state index in [-0.39, 0.29) is 0 Å². The molecule has 0 N–H and O–H groups in total. The fourth-order valence-electron chi connectivity index (χ4n) is 0.957. The van der Waals surface area contributed by atoms with E-state index < -0.39 is 0 Å². The summed E-state index contributed by atoms with van der Waals surface area (Å²) in [4.78, 5) is 8.59. The molecule has 0 fully saturated rings. The molecule has 51 valence electrons. The van der Waals surface area contributed by atoms with Crippen molar-refractivity contribution < 1.29 is 0 Å². The number of hydrogen-bond donors (Lipinski definition) is 0. The predicted molar refractivity (Wildman–Crippen MR) is 44.9 cm³/mol. The van der Waals surface area contributed by atoms with E-state index in [1.54, 1.807) is 0 Å². The molecule has 0 saturated heterocycles. The predicted octanol–water partition coefficient (Wildman–Crippen LogP) is 0.424. The van der Waals surface area contributed by atoms with Crippen molar-refractivity contribution in [3.8, 4) is 0 Å². The Bertz CT molecular complexity index is 387. The molecule has 0 unspecified atom stereocenters. The Kier molecular flexibility index (Phi) is 1.77. The van der Waals surface area contributed by atoms with E-state index in [4.69, 9.17) is 0 Å². The fourth-order valence-corrected chi connectivity index (χ4v) is 1.49. The van der Waals surface area contributed by atoms with Gasteiger partial charge in [-0.2, -0.15) is 0 Å². The third kappa shape index (κ3) is 1.35. The van der Waals surface area contributed by atoms with Crippen molar-refractivity contribution in [2.24, 2.45) is 0 Å². The van der Waals surface area contributed by atoms with E-state index in [2.05, 4.69) is 9.97 Å². The molecule has 0 spiro atoms. The first kappa shape index (κ1) is 7.03. The molecule has 0 amide bonds.